The maximum Gasteiger partial charge on any atom is 0.410 e. The minimum atomic E-state index is -0.990. The Morgan fingerprint density at radius 3 is 2.24 bits per heavy atom. The number of carbonyl (C=O) groups excluding carboxylic acids is 2. The first kappa shape index (κ1) is 23.2. The van der Waals surface area contributed by atoms with Crippen LogP contribution in [0.25, 0.3) is 0 Å². The Balaban J connectivity index is 4.35. The van der Waals surface area contributed by atoms with Crippen molar-refractivity contribution in [2.45, 2.75) is 73.0 Å². The van der Waals surface area contributed by atoms with E-state index in [4.69, 9.17) is 14.6 Å². The Labute approximate surface area is 150 Å². The van der Waals surface area contributed by atoms with E-state index in [1.807, 2.05) is 0 Å². The fraction of sp³-hybridized carbons (Fsp3) is 0.833. The first-order valence-corrected chi connectivity index (χ1v) is 9.02. The van der Waals surface area contributed by atoms with Gasteiger partial charge < -0.3 is 19.9 Å². The molecule has 0 saturated heterocycles. The van der Waals surface area contributed by atoms with Crippen LogP contribution in [0.5, 0.6) is 0 Å². The number of carboxylic acids is 1. The highest BCUT2D eigenvalue weighted by Gasteiger charge is 2.20. The molecule has 0 heterocycles. The van der Waals surface area contributed by atoms with Crippen molar-refractivity contribution < 1.29 is 29.0 Å². The van der Waals surface area contributed by atoms with E-state index in [0.29, 0.717) is 5.92 Å². The van der Waals surface area contributed by atoms with Crippen LogP contribution in [0.4, 0.5) is 4.79 Å². The molecule has 0 aliphatic carbocycles. The summed E-state index contributed by atoms with van der Waals surface area (Å²) in [5.74, 6) is -1.41. The number of aliphatic carboxylic acids is 1. The molecule has 0 aromatic heterocycles. The van der Waals surface area contributed by atoms with Crippen molar-refractivity contribution in [2.24, 2.45) is 17.8 Å². The minimum absolute atomic E-state index is 0.00532. The third kappa shape index (κ3) is 12.3. The molecule has 0 bridgehead atoms. The molecular formula is C18H33NO6. The van der Waals surface area contributed by atoms with Gasteiger partial charge in [-0.05, 0) is 18.3 Å². The maximum atomic E-state index is 11.8. The van der Waals surface area contributed by atoms with E-state index < -0.39 is 24.3 Å². The molecule has 0 radical (unpaired) electrons. The van der Waals surface area contributed by atoms with Crippen LogP contribution in [-0.2, 0) is 19.1 Å². The highest BCUT2D eigenvalue weighted by atomic mass is 16.7. The number of ether oxygens (including phenoxy) is 2. The summed E-state index contributed by atoms with van der Waals surface area (Å²) in [7, 11) is 0. The molecule has 0 saturated carbocycles. The van der Waals surface area contributed by atoms with Gasteiger partial charge in [-0.2, -0.15) is 0 Å². The standard InChI is InChI=1S/C18H33NO6/c1-6-7-8-13(4)9-15(10-16(20)21)11-19-18(23)25-14(5)24-17(22)12(2)3/h12-15H,6-11H2,1-5H3,(H,19,23)(H,20,21)/t13-,14+,15+/m1/s1. The van der Waals surface area contributed by atoms with Gasteiger partial charge in [0.05, 0.1) is 5.92 Å². The van der Waals surface area contributed by atoms with E-state index in [2.05, 4.69) is 19.2 Å². The first-order valence-electron chi connectivity index (χ1n) is 9.02. The molecule has 0 rings (SSSR count). The SMILES string of the molecule is CCCC[C@@H](C)C[C@H](CNC(=O)O[C@@H](C)OC(=O)C(C)C)CC(=O)O. The molecule has 0 spiro atoms. The van der Waals surface area contributed by atoms with Crippen LogP contribution in [0, 0.1) is 17.8 Å². The zero-order valence-electron chi connectivity index (χ0n) is 16.0. The molecule has 25 heavy (non-hydrogen) atoms. The van der Waals surface area contributed by atoms with Gasteiger partial charge in [-0.25, -0.2) is 4.79 Å². The van der Waals surface area contributed by atoms with Crippen LogP contribution in [0.2, 0.25) is 0 Å². The average molecular weight is 359 g/mol. The highest BCUT2D eigenvalue weighted by Crippen LogP contribution is 2.20. The second-order valence-corrected chi connectivity index (χ2v) is 6.89. The van der Waals surface area contributed by atoms with Gasteiger partial charge in [0.1, 0.15) is 0 Å². The summed E-state index contributed by atoms with van der Waals surface area (Å²) in [5.41, 5.74) is 0. The lowest BCUT2D eigenvalue weighted by atomic mass is 9.90. The summed E-state index contributed by atoms with van der Waals surface area (Å²) < 4.78 is 9.90. The molecule has 0 unspecified atom stereocenters. The summed E-state index contributed by atoms with van der Waals surface area (Å²) in [6.07, 6.45) is 2.26. The van der Waals surface area contributed by atoms with E-state index in [1.165, 1.54) is 6.92 Å². The Kier molecular flexibility index (Phi) is 11.7. The van der Waals surface area contributed by atoms with E-state index >= 15 is 0 Å². The molecule has 0 aromatic carbocycles. The number of hydrogen-bond acceptors (Lipinski definition) is 5. The molecule has 0 aromatic rings. The number of carboxylic acid groups (broad SMARTS) is 1. The topological polar surface area (TPSA) is 102 Å². The van der Waals surface area contributed by atoms with Crippen molar-refractivity contribution in [2.75, 3.05) is 6.54 Å². The molecule has 7 heteroatoms. The number of hydrogen-bond donors (Lipinski definition) is 2. The van der Waals surface area contributed by atoms with Gasteiger partial charge >= 0.3 is 18.0 Å². The van der Waals surface area contributed by atoms with Gasteiger partial charge in [0.15, 0.2) is 0 Å². The van der Waals surface area contributed by atoms with Crippen molar-refractivity contribution in [3.63, 3.8) is 0 Å². The summed E-state index contributed by atoms with van der Waals surface area (Å²) in [4.78, 5) is 34.2. The van der Waals surface area contributed by atoms with E-state index in [1.54, 1.807) is 13.8 Å². The number of alkyl carbamates (subject to hydrolysis) is 1. The number of unbranched alkanes of at least 4 members (excludes halogenated alkanes) is 1. The lowest BCUT2D eigenvalue weighted by Gasteiger charge is -2.21. The predicted molar refractivity (Wildman–Crippen MR) is 93.9 cm³/mol. The largest absolute Gasteiger partial charge is 0.481 e. The zero-order chi connectivity index (χ0) is 19.4. The van der Waals surface area contributed by atoms with Gasteiger partial charge in [0.25, 0.3) is 0 Å². The number of amides is 1. The quantitative estimate of drug-likeness (QED) is 0.408. The summed E-state index contributed by atoms with van der Waals surface area (Å²) in [5, 5.41) is 11.6. The van der Waals surface area contributed by atoms with Crippen molar-refractivity contribution in [1.29, 1.82) is 0 Å². The van der Waals surface area contributed by atoms with Crippen molar-refractivity contribution in [3.8, 4) is 0 Å². The summed E-state index contributed by atoms with van der Waals surface area (Å²) in [6.45, 7) is 9.26. The van der Waals surface area contributed by atoms with Crippen LogP contribution in [0.3, 0.4) is 0 Å². The monoisotopic (exact) mass is 359 g/mol. The van der Waals surface area contributed by atoms with Crippen LogP contribution in [0.1, 0.15) is 66.7 Å². The highest BCUT2D eigenvalue weighted by molar-refractivity contribution is 5.72. The van der Waals surface area contributed by atoms with Crippen molar-refractivity contribution in [1.82, 2.24) is 5.32 Å². The first-order chi connectivity index (χ1) is 11.6. The van der Waals surface area contributed by atoms with Gasteiger partial charge in [-0.15, -0.1) is 0 Å². The molecule has 0 fully saturated rings. The molecular weight excluding hydrogens is 326 g/mol. The Bertz CT molecular complexity index is 424. The molecule has 2 N–H and O–H groups in total. The molecule has 146 valence electrons. The molecule has 1 amide bonds. The van der Waals surface area contributed by atoms with Gasteiger partial charge in [0, 0.05) is 19.9 Å². The van der Waals surface area contributed by atoms with Crippen molar-refractivity contribution in [3.05, 3.63) is 0 Å². The number of esters is 1. The van der Waals surface area contributed by atoms with Crippen molar-refractivity contribution >= 4 is 18.0 Å². The van der Waals surface area contributed by atoms with Gasteiger partial charge in [-0.1, -0.05) is 47.0 Å². The number of carbonyl (C=O) groups is 3. The van der Waals surface area contributed by atoms with Crippen LogP contribution >= 0.6 is 0 Å². The fourth-order valence-electron chi connectivity index (χ4n) is 2.47. The number of rotatable bonds is 12. The third-order valence-electron chi connectivity index (χ3n) is 3.81. The predicted octanol–water partition coefficient (Wildman–Crippen LogP) is 3.57. The van der Waals surface area contributed by atoms with E-state index in [0.717, 1.165) is 25.7 Å². The molecule has 0 aliphatic heterocycles. The lowest BCUT2D eigenvalue weighted by molar-refractivity contribution is -0.168. The summed E-state index contributed by atoms with van der Waals surface area (Å²) in [6, 6.07) is 0. The van der Waals surface area contributed by atoms with E-state index in [-0.39, 0.29) is 24.8 Å². The third-order valence-corrected chi connectivity index (χ3v) is 3.81. The zero-order valence-corrected chi connectivity index (χ0v) is 16.0. The molecule has 7 nitrogen and oxygen atoms in total. The fourth-order valence-corrected chi connectivity index (χ4v) is 2.47. The maximum absolute atomic E-state index is 11.8. The number of nitrogens with one attached hydrogen (secondary N) is 1. The average Bonchev–Trinajstić information content (AvgIpc) is 2.49. The van der Waals surface area contributed by atoms with Crippen LogP contribution in [-0.4, -0.2) is 36.0 Å². The molecule has 3 atom stereocenters. The normalized spacial score (nSPS) is 14.5. The second-order valence-electron chi connectivity index (χ2n) is 6.89. The van der Waals surface area contributed by atoms with E-state index in [9.17, 15) is 14.4 Å². The van der Waals surface area contributed by atoms with Crippen LogP contribution < -0.4 is 5.32 Å². The van der Waals surface area contributed by atoms with Gasteiger partial charge in [-0.3, -0.25) is 9.59 Å². The second kappa shape index (κ2) is 12.6. The molecule has 0 aliphatic rings. The Morgan fingerprint density at radius 1 is 1.08 bits per heavy atom. The lowest BCUT2D eigenvalue weighted by Crippen LogP contribution is -2.35. The van der Waals surface area contributed by atoms with Gasteiger partial charge in [0.2, 0.25) is 6.29 Å². The minimum Gasteiger partial charge on any atom is -0.481 e. The Morgan fingerprint density at radius 2 is 1.72 bits per heavy atom. The summed E-state index contributed by atoms with van der Waals surface area (Å²) >= 11 is 0. The van der Waals surface area contributed by atoms with Crippen LogP contribution in [0.15, 0.2) is 0 Å². The Hall–Kier alpha value is -1.79. The smallest absolute Gasteiger partial charge is 0.410 e.